The van der Waals surface area contributed by atoms with Gasteiger partial charge >= 0.3 is 0 Å². The molecule has 0 aromatic heterocycles. The smallest absolute Gasteiger partial charge is 0.124 e. The molecule has 0 spiro atoms. The molecule has 0 unspecified atom stereocenters. The third-order valence-corrected chi connectivity index (χ3v) is 4.22. The molecular weight excluding hydrogens is 270 g/mol. The van der Waals surface area contributed by atoms with Crippen molar-refractivity contribution in [1.29, 1.82) is 0 Å². The van der Waals surface area contributed by atoms with E-state index in [-0.39, 0.29) is 0 Å². The number of rotatable bonds is 4. The van der Waals surface area contributed by atoms with Gasteiger partial charge in [0.15, 0.2) is 0 Å². The van der Waals surface area contributed by atoms with Crippen LogP contribution in [-0.2, 0) is 6.54 Å². The van der Waals surface area contributed by atoms with E-state index >= 15 is 0 Å². The van der Waals surface area contributed by atoms with Crippen molar-refractivity contribution in [3.8, 4) is 5.75 Å². The molecule has 2 heteroatoms. The highest BCUT2D eigenvalue weighted by Crippen LogP contribution is 2.32. The number of para-hydroxylation sites is 1. The number of aromatic hydroxyl groups is 1. The molecule has 0 aliphatic heterocycles. The Morgan fingerprint density at radius 2 is 1.64 bits per heavy atom. The van der Waals surface area contributed by atoms with Gasteiger partial charge in [-0.2, -0.15) is 0 Å². The van der Waals surface area contributed by atoms with Crippen molar-refractivity contribution >= 4 is 16.5 Å². The third kappa shape index (κ3) is 2.64. The minimum Gasteiger partial charge on any atom is -0.507 e. The first kappa shape index (κ1) is 14.5. The van der Waals surface area contributed by atoms with Crippen LogP contribution < -0.4 is 4.90 Å². The van der Waals surface area contributed by atoms with Crippen LogP contribution in [0.3, 0.4) is 0 Å². The number of hydrogen-bond acceptors (Lipinski definition) is 2. The molecule has 1 N–H and O–H groups in total. The van der Waals surface area contributed by atoms with E-state index in [9.17, 15) is 5.11 Å². The fraction of sp³-hybridized carbons (Fsp3) is 0.200. The maximum absolute atomic E-state index is 10.6. The lowest BCUT2D eigenvalue weighted by atomic mass is 10.00. The first-order valence-electron chi connectivity index (χ1n) is 7.71. The van der Waals surface area contributed by atoms with Gasteiger partial charge in [0, 0.05) is 24.3 Å². The highest BCUT2D eigenvalue weighted by Gasteiger charge is 2.12. The Labute approximate surface area is 131 Å². The summed E-state index contributed by atoms with van der Waals surface area (Å²) >= 11 is 0. The van der Waals surface area contributed by atoms with Crippen molar-refractivity contribution in [2.24, 2.45) is 0 Å². The Morgan fingerprint density at radius 1 is 0.955 bits per heavy atom. The Morgan fingerprint density at radius 3 is 2.36 bits per heavy atom. The molecule has 0 radical (unpaired) electrons. The van der Waals surface area contributed by atoms with Gasteiger partial charge in [-0.1, -0.05) is 42.5 Å². The van der Waals surface area contributed by atoms with Gasteiger partial charge in [-0.3, -0.25) is 0 Å². The average molecular weight is 291 g/mol. The van der Waals surface area contributed by atoms with Gasteiger partial charge in [0.05, 0.1) is 0 Å². The van der Waals surface area contributed by atoms with E-state index in [0.29, 0.717) is 12.3 Å². The maximum atomic E-state index is 10.6. The molecule has 112 valence electrons. The molecule has 0 aliphatic rings. The van der Waals surface area contributed by atoms with E-state index in [1.165, 1.54) is 11.1 Å². The first-order chi connectivity index (χ1) is 10.7. The molecule has 3 aromatic carbocycles. The lowest BCUT2D eigenvalue weighted by molar-refractivity contribution is 0.464. The maximum Gasteiger partial charge on any atom is 0.124 e. The first-order valence-corrected chi connectivity index (χ1v) is 7.71. The number of benzene rings is 3. The van der Waals surface area contributed by atoms with Crippen molar-refractivity contribution in [3.63, 3.8) is 0 Å². The lowest BCUT2D eigenvalue weighted by Gasteiger charge is -2.24. The number of phenolic OH excluding ortho intramolecular Hbond substituents is 1. The Kier molecular flexibility index (Phi) is 4.01. The van der Waals surface area contributed by atoms with Gasteiger partial charge in [0.2, 0.25) is 0 Å². The van der Waals surface area contributed by atoms with E-state index in [0.717, 1.165) is 23.1 Å². The Balaban J connectivity index is 2.01. The van der Waals surface area contributed by atoms with Crippen molar-refractivity contribution in [1.82, 2.24) is 0 Å². The van der Waals surface area contributed by atoms with Crippen LogP contribution in [0.4, 0.5) is 5.69 Å². The minimum absolute atomic E-state index is 0.410. The molecule has 3 rings (SSSR count). The zero-order valence-corrected chi connectivity index (χ0v) is 13.1. The van der Waals surface area contributed by atoms with Gasteiger partial charge in [-0.25, -0.2) is 0 Å². The highest BCUT2D eigenvalue weighted by molar-refractivity contribution is 5.88. The summed E-state index contributed by atoms with van der Waals surface area (Å²) in [6.45, 7) is 5.73. The summed E-state index contributed by atoms with van der Waals surface area (Å²) in [6.07, 6.45) is 0. The molecular formula is C20H21NO. The molecule has 2 nitrogen and oxygen atoms in total. The molecule has 22 heavy (non-hydrogen) atoms. The quantitative estimate of drug-likeness (QED) is 0.740. The van der Waals surface area contributed by atoms with Crippen molar-refractivity contribution in [2.75, 3.05) is 11.4 Å². The summed E-state index contributed by atoms with van der Waals surface area (Å²) in [5, 5.41) is 12.9. The van der Waals surface area contributed by atoms with Crippen LogP contribution in [0, 0.1) is 6.92 Å². The van der Waals surface area contributed by atoms with Crippen molar-refractivity contribution in [2.45, 2.75) is 20.4 Å². The molecule has 0 saturated carbocycles. The van der Waals surface area contributed by atoms with Crippen LogP contribution in [0.5, 0.6) is 5.75 Å². The zero-order valence-electron chi connectivity index (χ0n) is 13.1. The predicted molar refractivity (Wildman–Crippen MR) is 93.5 cm³/mol. The number of aryl methyl sites for hydroxylation is 1. The monoisotopic (exact) mass is 291 g/mol. The molecule has 0 heterocycles. The number of hydrogen-bond donors (Lipinski definition) is 1. The summed E-state index contributed by atoms with van der Waals surface area (Å²) < 4.78 is 0. The summed E-state index contributed by atoms with van der Waals surface area (Å²) in [5.41, 5.74) is 3.11. The second-order valence-corrected chi connectivity index (χ2v) is 5.58. The van der Waals surface area contributed by atoms with Crippen molar-refractivity contribution in [3.05, 3.63) is 71.8 Å². The van der Waals surface area contributed by atoms with E-state index in [2.05, 4.69) is 42.2 Å². The van der Waals surface area contributed by atoms with Crippen LogP contribution in [-0.4, -0.2) is 11.7 Å². The van der Waals surface area contributed by atoms with Crippen LogP contribution in [0.1, 0.15) is 18.1 Å². The summed E-state index contributed by atoms with van der Waals surface area (Å²) in [7, 11) is 0. The molecule has 0 atom stereocenters. The van der Waals surface area contributed by atoms with Gasteiger partial charge in [0.1, 0.15) is 5.75 Å². The molecule has 0 aliphatic carbocycles. The molecule has 0 bridgehead atoms. The van der Waals surface area contributed by atoms with Gasteiger partial charge in [-0.15, -0.1) is 0 Å². The van der Waals surface area contributed by atoms with Gasteiger partial charge < -0.3 is 10.0 Å². The Bertz CT molecular complexity index is 780. The van der Waals surface area contributed by atoms with E-state index in [1.54, 1.807) is 0 Å². The number of phenols is 1. The van der Waals surface area contributed by atoms with Crippen LogP contribution >= 0.6 is 0 Å². The predicted octanol–water partition coefficient (Wildman–Crippen LogP) is 4.88. The molecule has 0 fully saturated rings. The number of nitrogens with zero attached hydrogens (tertiary/aromatic N) is 1. The SMILES string of the molecule is CCN(Cc1cc2ccccc2c(C)c1O)c1ccccc1. The van der Waals surface area contributed by atoms with Crippen LogP contribution in [0.25, 0.3) is 10.8 Å². The van der Waals surface area contributed by atoms with Crippen molar-refractivity contribution < 1.29 is 5.11 Å². The summed E-state index contributed by atoms with van der Waals surface area (Å²) in [5.74, 6) is 0.410. The summed E-state index contributed by atoms with van der Waals surface area (Å²) in [4.78, 5) is 2.27. The zero-order chi connectivity index (χ0) is 15.5. The second kappa shape index (κ2) is 6.10. The molecule has 3 aromatic rings. The molecule has 0 saturated heterocycles. The average Bonchev–Trinajstić information content (AvgIpc) is 2.57. The normalized spacial score (nSPS) is 10.8. The van der Waals surface area contributed by atoms with Crippen LogP contribution in [0.15, 0.2) is 60.7 Å². The van der Waals surface area contributed by atoms with E-state index in [4.69, 9.17) is 0 Å². The lowest BCUT2D eigenvalue weighted by Crippen LogP contribution is -2.22. The fourth-order valence-electron chi connectivity index (χ4n) is 2.94. The standard InChI is InChI=1S/C20H21NO/c1-3-21(18-10-5-4-6-11-18)14-17-13-16-9-7-8-12-19(16)15(2)20(17)22/h4-13,22H,3,14H2,1-2H3. The van der Waals surface area contributed by atoms with E-state index in [1.807, 2.05) is 37.3 Å². The number of anilines is 1. The number of fused-ring (bicyclic) bond motifs is 1. The fourth-order valence-corrected chi connectivity index (χ4v) is 2.94. The third-order valence-electron chi connectivity index (χ3n) is 4.22. The largest absolute Gasteiger partial charge is 0.507 e. The molecule has 0 amide bonds. The minimum atomic E-state index is 0.410. The Hall–Kier alpha value is -2.48. The topological polar surface area (TPSA) is 23.5 Å². The highest BCUT2D eigenvalue weighted by atomic mass is 16.3. The second-order valence-electron chi connectivity index (χ2n) is 5.58. The van der Waals surface area contributed by atoms with Gasteiger partial charge in [-0.05, 0) is 48.4 Å². The van der Waals surface area contributed by atoms with Gasteiger partial charge in [0.25, 0.3) is 0 Å². The summed E-state index contributed by atoms with van der Waals surface area (Å²) in [6, 6.07) is 20.6. The van der Waals surface area contributed by atoms with Crippen LogP contribution in [0.2, 0.25) is 0 Å². The van der Waals surface area contributed by atoms with E-state index < -0.39 is 0 Å².